The number of unbranched alkanes of at least 4 members (excludes halogenated alkanes) is 15. The lowest BCUT2D eigenvalue weighted by molar-refractivity contribution is -0.332. The summed E-state index contributed by atoms with van der Waals surface area (Å²) in [5.41, 5.74) is 0. The highest BCUT2D eigenvalue weighted by atomic mass is 16.7. The van der Waals surface area contributed by atoms with Crippen molar-refractivity contribution >= 4 is 11.9 Å². The number of carbonyl (C=O) groups excluding carboxylic acids is 2. The summed E-state index contributed by atoms with van der Waals surface area (Å²) in [6, 6.07) is 0. The Labute approximate surface area is 407 Å². The second-order valence-electron chi connectivity index (χ2n) is 18.0. The van der Waals surface area contributed by atoms with Gasteiger partial charge in [0, 0.05) is 12.8 Å². The largest absolute Gasteiger partial charge is 0.462 e. The molecule has 2 aliphatic heterocycles. The van der Waals surface area contributed by atoms with Gasteiger partial charge in [-0.2, -0.15) is 0 Å². The lowest BCUT2D eigenvalue weighted by Gasteiger charge is -2.42. The molecule has 2 heterocycles. The quantitative estimate of drug-likeness (QED) is 0.0183. The summed E-state index contributed by atoms with van der Waals surface area (Å²) < 4.78 is 33.5. The summed E-state index contributed by atoms with van der Waals surface area (Å²) in [5.74, 6) is -0.981. The van der Waals surface area contributed by atoms with E-state index in [2.05, 4.69) is 74.6 Å². The van der Waals surface area contributed by atoms with Crippen molar-refractivity contribution in [3.8, 4) is 0 Å². The Kier molecular flexibility index (Phi) is 36.0. The van der Waals surface area contributed by atoms with E-state index in [1.807, 2.05) is 0 Å². The van der Waals surface area contributed by atoms with Crippen molar-refractivity contribution in [1.82, 2.24) is 0 Å². The van der Waals surface area contributed by atoms with Gasteiger partial charge in [0.1, 0.15) is 55.4 Å². The maximum Gasteiger partial charge on any atom is 0.306 e. The zero-order chi connectivity index (χ0) is 49.6. The van der Waals surface area contributed by atoms with Crippen LogP contribution in [-0.2, 0) is 38.0 Å². The summed E-state index contributed by atoms with van der Waals surface area (Å²) in [6.45, 7) is 2.41. The van der Waals surface area contributed by atoms with E-state index in [1.54, 1.807) is 0 Å². The molecule has 15 heteroatoms. The molecule has 2 rings (SSSR count). The molecule has 0 aromatic rings. The van der Waals surface area contributed by atoms with Crippen LogP contribution in [-0.4, -0.2) is 142 Å². The number of rotatable bonds is 39. The van der Waals surface area contributed by atoms with E-state index in [0.717, 1.165) is 70.6 Å². The first kappa shape index (κ1) is 61.3. The monoisotopic (exact) mass is 967 g/mol. The molecule has 0 saturated carbocycles. The number of ether oxygens (including phenoxy) is 6. The molecule has 11 atom stereocenters. The third-order valence-electron chi connectivity index (χ3n) is 12.0. The van der Waals surface area contributed by atoms with Crippen LogP contribution in [0, 0.1) is 0 Å². The minimum Gasteiger partial charge on any atom is -0.462 e. The third-order valence-corrected chi connectivity index (χ3v) is 12.0. The molecule has 68 heavy (non-hydrogen) atoms. The number of hydrogen-bond donors (Lipinski definition) is 7. The van der Waals surface area contributed by atoms with Gasteiger partial charge in [0.25, 0.3) is 0 Å². The van der Waals surface area contributed by atoms with Gasteiger partial charge < -0.3 is 64.2 Å². The van der Waals surface area contributed by atoms with Gasteiger partial charge in [0.05, 0.1) is 19.8 Å². The lowest BCUT2D eigenvalue weighted by Crippen LogP contribution is -2.61. The molecule has 0 amide bonds. The molecule has 2 aliphatic rings. The standard InChI is InChI=1S/C53H90O15/c1-3-5-7-9-11-13-15-17-19-20-22-23-25-27-29-31-33-35-44(55)63-38-41(66-45(56)36-34-32-30-28-26-24-21-18-16-14-12-10-8-6-4-2)39-64-52-51(62)49(60)47(58)43(68-52)40-65-53-50(61)48(59)46(57)42(37-54)67-53/h6,8,12,14,17-19,21,26,28,41-43,46-54,57-62H,3-5,7,9-11,13,15-16,20,22-25,27,29-40H2,1-2H3/b8-6-,14-12-,19-17-,21-18-,28-26-. The highest BCUT2D eigenvalue weighted by Gasteiger charge is 2.47. The van der Waals surface area contributed by atoms with E-state index in [0.29, 0.717) is 12.8 Å². The maximum absolute atomic E-state index is 13.0. The Bertz CT molecular complexity index is 1420. The van der Waals surface area contributed by atoms with Gasteiger partial charge in [-0.15, -0.1) is 0 Å². The van der Waals surface area contributed by atoms with E-state index < -0.39 is 99.3 Å². The number of aliphatic hydroxyl groups is 7. The number of hydrogen-bond acceptors (Lipinski definition) is 15. The van der Waals surface area contributed by atoms with Gasteiger partial charge in [-0.25, -0.2) is 0 Å². The van der Waals surface area contributed by atoms with E-state index in [4.69, 9.17) is 28.4 Å². The van der Waals surface area contributed by atoms with Crippen LogP contribution in [0.1, 0.15) is 168 Å². The highest BCUT2D eigenvalue weighted by molar-refractivity contribution is 5.70. The summed E-state index contributed by atoms with van der Waals surface area (Å²) in [7, 11) is 0. The fourth-order valence-corrected chi connectivity index (χ4v) is 7.73. The second-order valence-corrected chi connectivity index (χ2v) is 18.0. The first-order chi connectivity index (χ1) is 33.0. The molecule has 11 unspecified atom stereocenters. The molecule has 2 fully saturated rings. The molecule has 15 nitrogen and oxygen atoms in total. The van der Waals surface area contributed by atoms with Gasteiger partial charge >= 0.3 is 11.9 Å². The molecule has 7 N–H and O–H groups in total. The van der Waals surface area contributed by atoms with E-state index in [9.17, 15) is 45.3 Å². The van der Waals surface area contributed by atoms with Crippen molar-refractivity contribution in [3.63, 3.8) is 0 Å². The maximum atomic E-state index is 13.0. The molecular formula is C53H90O15. The fraction of sp³-hybridized carbons (Fsp3) is 0.774. The number of carbonyl (C=O) groups is 2. The van der Waals surface area contributed by atoms with Crippen molar-refractivity contribution in [2.45, 2.75) is 235 Å². The van der Waals surface area contributed by atoms with Crippen LogP contribution in [0.3, 0.4) is 0 Å². The summed E-state index contributed by atoms with van der Waals surface area (Å²) in [4.78, 5) is 25.8. The molecule has 2 saturated heterocycles. The zero-order valence-corrected chi connectivity index (χ0v) is 41.3. The minimum absolute atomic E-state index is 0.110. The molecule has 392 valence electrons. The van der Waals surface area contributed by atoms with Crippen molar-refractivity contribution in [3.05, 3.63) is 60.8 Å². The number of esters is 2. The summed E-state index contributed by atoms with van der Waals surface area (Å²) >= 11 is 0. The van der Waals surface area contributed by atoms with Crippen molar-refractivity contribution in [2.75, 3.05) is 26.4 Å². The fourth-order valence-electron chi connectivity index (χ4n) is 7.73. The second kappa shape index (κ2) is 39.9. The third kappa shape index (κ3) is 27.6. The van der Waals surface area contributed by atoms with Gasteiger partial charge in [-0.05, 0) is 77.0 Å². The Morgan fingerprint density at radius 3 is 1.50 bits per heavy atom. The Morgan fingerprint density at radius 1 is 0.485 bits per heavy atom. The molecule has 0 aromatic heterocycles. The van der Waals surface area contributed by atoms with Gasteiger partial charge in [0.2, 0.25) is 0 Å². The number of allylic oxidation sites excluding steroid dienone is 10. The van der Waals surface area contributed by atoms with Gasteiger partial charge in [-0.3, -0.25) is 9.59 Å². The number of aliphatic hydroxyl groups excluding tert-OH is 7. The van der Waals surface area contributed by atoms with Crippen LogP contribution in [0.4, 0.5) is 0 Å². The normalized spacial score (nSPS) is 26.2. The van der Waals surface area contributed by atoms with Crippen LogP contribution in [0.5, 0.6) is 0 Å². The topological polar surface area (TPSA) is 231 Å². The zero-order valence-electron chi connectivity index (χ0n) is 41.3. The SMILES string of the molecule is CC/C=C\C/C=C\C/C=C\C/C=C\CCCCC(=O)OC(COC(=O)CCCCCCCCC/C=C\CCCCCCCC)COC1OC(COC2OC(CO)C(O)C(O)C2O)C(O)C(O)C1O. The molecule has 0 bridgehead atoms. The highest BCUT2D eigenvalue weighted by Crippen LogP contribution is 2.26. The van der Waals surface area contributed by atoms with Gasteiger partial charge in [0.15, 0.2) is 18.7 Å². The Morgan fingerprint density at radius 2 is 0.926 bits per heavy atom. The van der Waals surface area contributed by atoms with E-state index >= 15 is 0 Å². The van der Waals surface area contributed by atoms with E-state index in [1.165, 1.54) is 57.8 Å². The molecule has 0 aliphatic carbocycles. The predicted molar refractivity (Wildman–Crippen MR) is 261 cm³/mol. The molecule has 0 radical (unpaired) electrons. The average Bonchev–Trinajstić information content (AvgIpc) is 3.33. The van der Waals surface area contributed by atoms with Crippen LogP contribution >= 0.6 is 0 Å². The van der Waals surface area contributed by atoms with Crippen LogP contribution in [0.2, 0.25) is 0 Å². The molecule has 0 aromatic carbocycles. The van der Waals surface area contributed by atoms with Crippen LogP contribution < -0.4 is 0 Å². The van der Waals surface area contributed by atoms with Gasteiger partial charge in [-0.1, -0.05) is 139 Å². The first-order valence-electron chi connectivity index (χ1n) is 25.9. The van der Waals surface area contributed by atoms with Crippen molar-refractivity contribution in [1.29, 1.82) is 0 Å². The summed E-state index contributed by atoms with van der Waals surface area (Å²) in [6.07, 6.45) is 28.2. The molecule has 0 spiro atoms. The minimum atomic E-state index is -1.78. The van der Waals surface area contributed by atoms with Crippen molar-refractivity contribution < 1.29 is 73.8 Å². The van der Waals surface area contributed by atoms with Crippen LogP contribution in [0.25, 0.3) is 0 Å². The lowest BCUT2D eigenvalue weighted by atomic mass is 9.98. The average molecular weight is 967 g/mol. The smallest absolute Gasteiger partial charge is 0.306 e. The van der Waals surface area contributed by atoms with Crippen LogP contribution in [0.15, 0.2) is 60.8 Å². The van der Waals surface area contributed by atoms with E-state index in [-0.39, 0.29) is 19.4 Å². The summed E-state index contributed by atoms with van der Waals surface area (Å²) in [5, 5.41) is 72.1. The predicted octanol–water partition coefficient (Wildman–Crippen LogP) is 7.27. The molecular weight excluding hydrogens is 877 g/mol. The Hall–Kier alpha value is -2.80. The first-order valence-corrected chi connectivity index (χ1v) is 25.9. The van der Waals surface area contributed by atoms with Crippen molar-refractivity contribution in [2.24, 2.45) is 0 Å². The Balaban J connectivity index is 1.83.